The lowest BCUT2D eigenvalue weighted by Crippen LogP contribution is -2.39. The van der Waals surface area contributed by atoms with Crippen molar-refractivity contribution >= 4 is 5.91 Å². The molecule has 0 atom stereocenters. The zero-order valence-electron chi connectivity index (χ0n) is 11.3. The molecule has 1 aromatic rings. The molecular formula is C14H22N2O2. The molecule has 1 amide bonds. The van der Waals surface area contributed by atoms with Gasteiger partial charge >= 0.3 is 0 Å². The highest BCUT2D eigenvalue weighted by Crippen LogP contribution is 2.10. The van der Waals surface area contributed by atoms with E-state index in [-0.39, 0.29) is 11.9 Å². The summed E-state index contributed by atoms with van der Waals surface area (Å²) in [5, 5.41) is 0. The molecule has 1 rings (SSSR count). The zero-order chi connectivity index (χ0) is 13.5. The Labute approximate surface area is 109 Å². The average molecular weight is 250 g/mol. The van der Waals surface area contributed by atoms with Gasteiger partial charge in [0.2, 0.25) is 0 Å². The summed E-state index contributed by atoms with van der Waals surface area (Å²) in [4.78, 5) is 14.2. The molecule has 0 aliphatic rings. The number of ether oxygens (including phenoxy) is 1. The zero-order valence-corrected chi connectivity index (χ0v) is 11.3. The van der Waals surface area contributed by atoms with Crippen molar-refractivity contribution in [2.24, 2.45) is 5.73 Å². The Balaban J connectivity index is 2.87. The lowest BCUT2D eigenvalue weighted by atomic mass is 10.1. The number of nitrogens with two attached hydrogens (primary N) is 1. The summed E-state index contributed by atoms with van der Waals surface area (Å²) in [6.07, 6.45) is 0. The molecule has 1 aromatic carbocycles. The molecule has 0 aromatic heterocycles. The summed E-state index contributed by atoms with van der Waals surface area (Å²) >= 11 is 0. The van der Waals surface area contributed by atoms with Crippen molar-refractivity contribution in [3.05, 3.63) is 35.4 Å². The number of hydrogen-bond donors (Lipinski definition) is 1. The van der Waals surface area contributed by atoms with Crippen LogP contribution < -0.4 is 5.73 Å². The van der Waals surface area contributed by atoms with Crippen LogP contribution in [0.3, 0.4) is 0 Å². The normalized spacial score (nSPS) is 10.7. The molecule has 4 heteroatoms. The van der Waals surface area contributed by atoms with Crippen LogP contribution >= 0.6 is 0 Å². The molecule has 0 saturated heterocycles. The summed E-state index contributed by atoms with van der Waals surface area (Å²) in [5.41, 5.74) is 7.24. The van der Waals surface area contributed by atoms with E-state index < -0.39 is 0 Å². The summed E-state index contributed by atoms with van der Waals surface area (Å²) in [7, 11) is 1.64. The fraction of sp³-hybridized carbons (Fsp3) is 0.500. The van der Waals surface area contributed by atoms with Gasteiger partial charge in [-0.25, -0.2) is 0 Å². The summed E-state index contributed by atoms with van der Waals surface area (Å²) in [6, 6.07) is 7.61. The second-order valence-corrected chi connectivity index (χ2v) is 4.49. The molecule has 100 valence electrons. The van der Waals surface area contributed by atoms with Gasteiger partial charge in [0.1, 0.15) is 0 Å². The minimum atomic E-state index is 0.0253. The fourth-order valence-electron chi connectivity index (χ4n) is 1.78. The molecule has 0 bridgehead atoms. The van der Waals surface area contributed by atoms with Crippen molar-refractivity contribution in [2.45, 2.75) is 26.4 Å². The first-order valence-corrected chi connectivity index (χ1v) is 6.19. The van der Waals surface area contributed by atoms with Crippen LogP contribution in [0.2, 0.25) is 0 Å². The van der Waals surface area contributed by atoms with Crippen LogP contribution in [0.15, 0.2) is 24.3 Å². The lowest BCUT2D eigenvalue weighted by Gasteiger charge is -2.26. The first-order valence-electron chi connectivity index (χ1n) is 6.19. The molecule has 2 N–H and O–H groups in total. The molecule has 18 heavy (non-hydrogen) atoms. The average Bonchev–Trinajstić information content (AvgIpc) is 2.38. The van der Waals surface area contributed by atoms with Crippen molar-refractivity contribution in [3.63, 3.8) is 0 Å². The van der Waals surface area contributed by atoms with E-state index in [9.17, 15) is 4.79 Å². The first kappa shape index (κ1) is 14.7. The molecule has 0 fully saturated rings. The second-order valence-electron chi connectivity index (χ2n) is 4.49. The van der Waals surface area contributed by atoms with Gasteiger partial charge in [0.25, 0.3) is 5.91 Å². The summed E-state index contributed by atoms with van der Waals surface area (Å²) in [6.45, 7) is 5.59. The van der Waals surface area contributed by atoms with Crippen molar-refractivity contribution in [2.75, 3.05) is 20.3 Å². The monoisotopic (exact) mass is 250 g/mol. The highest BCUT2D eigenvalue weighted by atomic mass is 16.5. The van der Waals surface area contributed by atoms with E-state index in [1.165, 1.54) is 0 Å². The Morgan fingerprint density at radius 2 is 2.17 bits per heavy atom. The molecule has 0 saturated carbocycles. The third kappa shape index (κ3) is 3.82. The summed E-state index contributed by atoms with van der Waals surface area (Å²) in [5.74, 6) is 0.0253. The predicted octanol–water partition coefficient (Wildman–Crippen LogP) is 1.64. The van der Waals surface area contributed by atoms with Crippen molar-refractivity contribution in [3.8, 4) is 0 Å². The SMILES string of the molecule is COCCN(C(=O)c1cccc(CN)c1)C(C)C. The van der Waals surface area contributed by atoms with Gasteiger partial charge in [0.15, 0.2) is 0 Å². The standard InChI is InChI=1S/C14H22N2O2/c1-11(2)16(7-8-18-3)14(17)13-6-4-5-12(9-13)10-15/h4-6,9,11H,7-8,10,15H2,1-3H3. The van der Waals surface area contributed by atoms with Gasteiger partial charge in [-0.05, 0) is 31.5 Å². The van der Waals surface area contributed by atoms with Crippen molar-refractivity contribution in [1.29, 1.82) is 0 Å². The maximum absolute atomic E-state index is 12.4. The first-order chi connectivity index (χ1) is 8.60. The lowest BCUT2D eigenvalue weighted by molar-refractivity contribution is 0.0635. The molecule has 0 spiro atoms. The number of carbonyl (C=O) groups excluding carboxylic acids is 1. The highest BCUT2D eigenvalue weighted by Gasteiger charge is 2.18. The van der Waals surface area contributed by atoms with Gasteiger partial charge in [-0.1, -0.05) is 12.1 Å². The second kappa shape index (κ2) is 7.13. The molecule has 0 aliphatic carbocycles. The Kier molecular flexibility index (Phi) is 5.82. The van der Waals surface area contributed by atoms with E-state index in [2.05, 4.69) is 0 Å². The minimum Gasteiger partial charge on any atom is -0.383 e. The van der Waals surface area contributed by atoms with Crippen LogP contribution in [-0.2, 0) is 11.3 Å². The van der Waals surface area contributed by atoms with E-state index in [1.54, 1.807) is 12.0 Å². The Bertz CT molecular complexity index is 391. The highest BCUT2D eigenvalue weighted by molar-refractivity contribution is 5.94. The van der Waals surface area contributed by atoms with Gasteiger partial charge in [-0.2, -0.15) is 0 Å². The topological polar surface area (TPSA) is 55.6 Å². The van der Waals surface area contributed by atoms with Gasteiger partial charge < -0.3 is 15.4 Å². The third-order valence-corrected chi connectivity index (χ3v) is 2.83. The number of nitrogens with zero attached hydrogens (tertiary/aromatic N) is 1. The molecule has 0 unspecified atom stereocenters. The number of benzene rings is 1. The number of rotatable bonds is 6. The number of hydrogen-bond acceptors (Lipinski definition) is 3. The van der Waals surface area contributed by atoms with Gasteiger partial charge in [-0.3, -0.25) is 4.79 Å². The van der Waals surface area contributed by atoms with Gasteiger partial charge in [0, 0.05) is 31.8 Å². The van der Waals surface area contributed by atoms with Gasteiger partial charge in [0.05, 0.1) is 6.61 Å². The predicted molar refractivity (Wildman–Crippen MR) is 72.4 cm³/mol. The molecule has 0 radical (unpaired) electrons. The molecule has 0 heterocycles. The number of methoxy groups -OCH3 is 1. The van der Waals surface area contributed by atoms with Crippen LogP contribution in [0.1, 0.15) is 29.8 Å². The molecular weight excluding hydrogens is 228 g/mol. The Morgan fingerprint density at radius 1 is 1.44 bits per heavy atom. The van der Waals surface area contributed by atoms with Crippen LogP contribution in [0.25, 0.3) is 0 Å². The van der Waals surface area contributed by atoms with E-state index in [1.807, 2.05) is 38.1 Å². The van der Waals surface area contributed by atoms with E-state index in [0.717, 1.165) is 5.56 Å². The van der Waals surface area contributed by atoms with Crippen LogP contribution in [0, 0.1) is 0 Å². The number of carbonyl (C=O) groups is 1. The minimum absolute atomic E-state index is 0.0253. The Hall–Kier alpha value is -1.39. The van der Waals surface area contributed by atoms with Crippen LogP contribution in [0.5, 0.6) is 0 Å². The fourth-order valence-corrected chi connectivity index (χ4v) is 1.78. The van der Waals surface area contributed by atoms with Gasteiger partial charge in [-0.15, -0.1) is 0 Å². The number of amides is 1. The smallest absolute Gasteiger partial charge is 0.254 e. The quantitative estimate of drug-likeness (QED) is 0.835. The van der Waals surface area contributed by atoms with Crippen molar-refractivity contribution < 1.29 is 9.53 Å². The van der Waals surface area contributed by atoms with E-state index >= 15 is 0 Å². The van der Waals surface area contributed by atoms with E-state index in [4.69, 9.17) is 10.5 Å². The van der Waals surface area contributed by atoms with Crippen molar-refractivity contribution in [1.82, 2.24) is 4.90 Å². The molecule has 0 aliphatic heterocycles. The molecule has 4 nitrogen and oxygen atoms in total. The maximum Gasteiger partial charge on any atom is 0.254 e. The third-order valence-electron chi connectivity index (χ3n) is 2.83. The van der Waals surface area contributed by atoms with Crippen LogP contribution in [0.4, 0.5) is 0 Å². The van der Waals surface area contributed by atoms with Crippen LogP contribution in [-0.4, -0.2) is 37.1 Å². The largest absolute Gasteiger partial charge is 0.383 e. The Morgan fingerprint density at radius 3 is 2.72 bits per heavy atom. The maximum atomic E-state index is 12.4. The summed E-state index contributed by atoms with van der Waals surface area (Å²) < 4.78 is 5.04. The van der Waals surface area contributed by atoms with E-state index in [0.29, 0.717) is 25.3 Å².